The highest BCUT2D eigenvalue weighted by Crippen LogP contribution is 2.21. The Morgan fingerprint density at radius 3 is 2.70 bits per heavy atom. The van der Waals surface area contributed by atoms with Gasteiger partial charge in [-0.25, -0.2) is 4.98 Å². The fraction of sp³-hybridized carbons (Fsp3) is 0.588. The van der Waals surface area contributed by atoms with Crippen LogP contribution in [0.15, 0.2) is 24.9 Å². The van der Waals surface area contributed by atoms with Crippen molar-refractivity contribution in [3.63, 3.8) is 0 Å². The molecule has 6 nitrogen and oxygen atoms in total. The number of nitrogens with one attached hydrogen (secondary N) is 1. The summed E-state index contributed by atoms with van der Waals surface area (Å²) in [5.74, 6) is -0.0649. The highest BCUT2D eigenvalue weighted by molar-refractivity contribution is 5.95. The average Bonchev–Trinajstić information content (AvgIpc) is 3.07. The molecule has 6 heteroatoms. The zero-order chi connectivity index (χ0) is 17.0. The van der Waals surface area contributed by atoms with Gasteiger partial charge >= 0.3 is 0 Å². The van der Waals surface area contributed by atoms with Crippen molar-refractivity contribution >= 4 is 5.91 Å². The Morgan fingerprint density at radius 2 is 2.13 bits per heavy atom. The normalized spacial score (nSPS) is 13.1. The van der Waals surface area contributed by atoms with Gasteiger partial charge in [0.15, 0.2) is 0 Å². The van der Waals surface area contributed by atoms with Gasteiger partial charge in [-0.15, -0.1) is 0 Å². The SMILES string of the molecule is CCCn1cc(C(=O)N[C@@H](Cn2ccnc2)C(C)(C)C)c(C)n1. The third-order valence-corrected chi connectivity index (χ3v) is 3.95. The van der Waals surface area contributed by atoms with Crippen LogP contribution in [0.4, 0.5) is 0 Å². The fourth-order valence-electron chi connectivity index (χ4n) is 2.46. The minimum absolute atomic E-state index is 0.00174. The van der Waals surface area contributed by atoms with E-state index in [0.717, 1.165) is 18.7 Å². The Kier molecular flexibility index (Phi) is 5.23. The maximum atomic E-state index is 12.7. The first-order valence-corrected chi connectivity index (χ1v) is 8.12. The molecular weight excluding hydrogens is 290 g/mol. The van der Waals surface area contributed by atoms with Gasteiger partial charge < -0.3 is 9.88 Å². The molecule has 2 rings (SSSR count). The van der Waals surface area contributed by atoms with Gasteiger partial charge in [-0.2, -0.15) is 5.10 Å². The summed E-state index contributed by atoms with van der Waals surface area (Å²) in [7, 11) is 0. The van der Waals surface area contributed by atoms with Crippen molar-refractivity contribution in [1.29, 1.82) is 0 Å². The summed E-state index contributed by atoms with van der Waals surface area (Å²) in [5, 5.41) is 7.57. The van der Waals surface area contributed by atoms with Gasteiger partial charge in [-0.1, -0.05) is 27.7 Å². The molecule has 126 valence electrons. The second-order valence-corrected chi connectivity index (χ2v) is 7.04. The first-order valence-electron chi connectivity index (χ1n) is 8.12. The maximum absolute atomic E-state index is 12.7. The number of aryl methyl sites for hydroxylation is 2. The van der Waals surface area contributed by atoms with E-state index in [4.69, 9.17) is 0 Å². The molecule has 0 unspecified atom stereocenters. The molecule has 1 atom stereocenters. The molecule has 0 radical (unpaired) electrons. The lowest BCUT2D eigenvalue weighted by Gasteiger charge is -2.31. The predicted molar refractivity (Wildman–Crippen MR) is 90.2 cm³/mol. The third kappa shape index (κ3) is 4.43. The smallest absolute Gasteiger partial charge is 0.255 e. The molecule has 23 heavy (non-hydrogen) atoms. The molecule has 0 aliphatic heterocycles. The Balaban J connectivity index is 2.14. The van der Waals surface area contributed by atoms with Crippen molar-refractivity contribution in [2.45, 2.75) is 60.2 Å². The van der Waals surface area contributed by atoms with Crippen molar-refractivity contribution in [1.82, 2.24) is 24.6 Å². The molecule has 1 N–H and O–H groups in total. The van der Waals surface area contributed by atoms with E-state index in [-0.39, 0.29) is 17.4 Å². The molecule has 2 heterocycles. The largest absolute Gasteiger partial charge is 0.347 e. The van der Waals surface area contributed by atoms with Crippen molar-refractivity contribution < 1.29 is 4.79 Å². The molecule has 2 aromatic heterocycles. The summed E-state index contributed by atoms with van der Waals surface area (Å²) in [4.78, 5) is 16.7. The van der Waals surface area contributed by atoms with Crippen molar-refractivity contribution in [3.8, 4) is 0 Å². The van der Waals surface area contributed by atoms with Gasteiger partial charge in [0.05, 0.1) is 23.6 Å². The van der Waals surface area contributed by atoms with E-state index in [1.54, 1.807) is 12.5 Å². The molecule has 0 saturated carbocycles. The van der Waals surface area contributed by atoms with Gasteiger partial charge in [-0.05, 0) is 18.8 Å². The average molecular weight is 317 g/mol. The van der Waals surface area contributed by atoms with E-state index < -0.39 is 0 Å². The van der Waals surface area contributed by atoms with Crippen LogP contribution in [0.1, 0.15) is 50.2 Å². The van der Waals surface area contributed by atoms with E-state index in [9.17, 15) is 4.79 Å². The Hall–Kier alpha value is -2.11. The van der Waals surface area contributed by atoms with Crippen LogP contribution in [0.2, 0.25) is 0 Å². The lowest BCUT2D eigenvalue weighted by Crippen LogP contribution is -2.46. The highest BCUT2D eigenvalue weighted by atomic mass is 16.1. The summed E-state index contributed by atoms with van der Waals surface area (Å²) in [6, 6.07) is -0.00174. The summed E-state index contributed by atoms with van der Waals surface area (Å²) >= 11 is 0. The van der Waals surface area contributed by atoms with Crippen LogP contribution in [0.5, 0.6) is 0 Å². The molecule has 0 saturated heterocycles. The van der Waals surface area contributed by atoms with Crippen LogP contribution in [-0.2, 0) is 13.1 Å². The second kappa shape index (κ2) is 6.98. The number of amides is 1. The number of imidazole rings is 1. The molecule has 2 aromatic rings. The first kappa shape index (κ1) is 17.2. The number of carbonyl (C=O) groups is 1. The number of nitrogens with zero attached hydrogens (tertiary/aromatic N) is 4. The van der Waals surface area contributed by atoms with Crippen LogP contribution < -0.4 is 5.32 Å². The quantitative estimate of drug-likeness (QED) is 0.891. The summed E-state index contributed by atoms with van der Waals surface area (Å²) in [6.07, 6.45) is 8.27. The standard InChI is InChI=1S/C17H27N5O/c1-6-8-22-10-14(13(2)20-22)16(23)19-15(17(3,4)5)11-21-9-7-18-12-21/h7,9-10,12,15H,6,8,11H2,1-5H3,(H,19,23)/t15-/m0/s1. The number of aromatic nitrogens is 4. The maximum Gasteiger partial charge on any atom is 0.255 e. The first-order chi connectivity index (χ1) is 10.8. The lowest BCUT2D eigenvalue weighted by atomic mass is 9.86. The van der Waals surface area contributed by atoms with Crippen LogP contribution in [-0.4, -0.2) is 31.3 Å². The molecule has 0 aliphatic rings. The van der Waals surface area contributed by atoms with E-state index in [0.29, 0.717) is 12.1 Å². The van der Waals surface area contributed by atoms with Crippen LogP contribution in [0.3, 0.4) is 0 Å². The van der Waals surface area contributed by atoms with Crippen LogP contribution >= 0.6 is 0 Å². The van der Waals surface area contributed by atoms with E-state index in [1.807, 2.05) is 28.6 Å². The summed E-state index contributed by atoms with van der Waals surface area (Å²) in [6.45, 7) is 11.9. The van der Waals surface area contributed by atoms with Gasteiger partial charge in [-0.3, -0.25) is 9.48 Å². The zero-order valence-corrected chi connectivity index (χ0v) is 14.7. The van der Waals surface area contributed by atoms with Gasteiger partial charge in [0.25, 0.3) is 5.91 Å². The molecule has 0 bridgehead atoms. The van der Waals surface area contributed by atoms with E-state index in [2.05, 4.69) is 43.1 Å². The molecule has 1 amide bonds. The number of hydrogen-bond acceptors (Lipinski definition) is 3. The molecular formula is C17H27N5O. The Morgan fingerprint density at radius 1 is 1.39 bits per heavy atom. The Bertz CT molecular complexity index is 636. The predicted octanol–water partition coefficient (Wildman–Crippen LogP) is 2.64. The second-order valence-electron chi connectivity index (χ2n) is 7.04. The molecule has 0 aliphatic carbocycles. The monoisotopic (exact) mass is 317 g/mol. The highest BCUT2D eigenvalue weighted by Gasteiger charge is 2.28. The number of carbonyl (C=O) groups excluding carboxylic acids is 1. The molecule has 0 spiro atoms. The fourth-order valence-corrected chi connectivity index (χ4v) is 2.46. The minimum atomic E-state index is -0.0649. The van der Waals surface area contributed by atoms with Crippen molar-refractivity contribution in [2.75, 3.05) is 0 Å². The topological polar surface area (TPSA) is 64.7 Å². The van der Waals surface area contributed by atoms with Crippen molar-refractivity contribution in [2.24, 2.45) is 5.41 Å². The van der Waals surface area contributed by atoms with Crippen molar-refractivity contribution in [3.05, 3.63) is 36.2 Å². The number of rotatable bonds is 6. The molecule has 0 aromatic carbocycles. The summed E-state index contributed by atoms with van der Waals surface area (Å²) in [5.41, 5.74) is 1.36. The third-order valence-electron chi connectivity index (χ3n) is 3.95. The zero-order valence-electron chi connectivity index (χ0n) is 14.7. The van der Waals surface area contributed by atoms with E-state index >= 15 is 0 Å². The van der Waals surface area contributed by atoms with Crippen LogP contribution in [0.25, 0.3) is 0 Å². The lowest BCUT2D eigenvalue weighted by molar-refractivity contribution is 0.0892. The van der Waals surface area contributed by atoms with Gasteiger partial charge in [0, 0.05) is 31.7 Å². The number of hydrogen-bond donors (Lipinski definition) is 1. The molecule has 0 fully saturated rings. The van der Waals surface area contributed by atoms with E-state index in [1.165, 1.54) is 0 Å². The van der Waals surface area contributed by atoms with Gasteiger partial charge in [0.1, 0.15) is 0 Å². The van der Waals surface area contributed by atoms with Crippen LogP contribution in [0, 0.1) is 12.3 Å². The minimum Gasteiger partial charge on any atom is -0.347 e. The van der Waals surface area contributed by atoms with Gasteiger partial charge in [0.2, 0.25) is 0 Å². The summed E-state index contributed by atoms with van der Waals surface area (Å²) < 4.78 is 3.83. The Labute approximate surface area is 137 Å².